The lowest BCUT2D eigenvalue weighted by molar-refractivity contribution is -0.118. The van der Waals surface area contributed by atoms with E-state index in [1.54, 1.807) is 18.2 Å². The van der Waals surface area contributed by atoms with Gasteiger partial charge in [-0.25, -0.2) is 0 Å². The second-order valence-corrected chi connectivity index (χ2v) is 10.6. The topological polar surface area (TPSA) is 67.9 Å². The van der Waals surface area contributed by atoms with E-state index >= 15 is 0 Å². The highest BCUT2D eigenvalue weighted by atomic mass is 79.9. The number of benzene rings is 3. The molecule has 3 aromatic carbocycles. The van der Waals surface area contributed by atoms with Crippen molar-refractivity contribution in [3.05, 3.63) is 86.7 Å². The molecular weight excluding hydrogens is 560 g/mol. The second-order valence-electron chi connectivity index (χ2n) is 8.04. The van der Waals surface area contributed by atoms with Crippen LogP contribution < -0.4 is 19.7 Å². The van der Waals surface area contributed by atoms with Crippen LogP contribution in [0.15, 0.2) is 70.0 Å². The van der Waals surface area contributed by atoms with Crippen LogP contribution in [-0.2, 0) is 9.59 Å². The molecule has 1 aliphatic heterocycles. The van der Waals surface area contributed by atoms with Crippen molar-refractivity contribution in [2.75, 3.05) is 23.9 Å². The minimum atomic E-state index is -0.290. The summed E-state index contributed by atoms with van der Waals surface area (Å²) in [5.41, 5.74) is 4.20. The number of hydrogen-bond acceptors (Lipinski definition) is 6. The summed E-state index contributed by atoms with van der Waals surface area (Å²) < 4.78 is 12.3. The summed E-state index contributed by atoms with van der Waals surface area (Å²) in [5.74, 6) is 0.344. The summed E-state index contributed by atoms with van der Waals surface area (Å²) >= 11 is 10.2. The molecule has 1 heterocycles. The van der Waals surface area contributed by atoms with Crippen molar-refractivity contribution in [1.82, 2.24) is 0 Å². The fraction of sp³-hybridized carbons (Fsp3) is 0.148. The fourth-order valence-electron chi connectivity index (χ4n) is 3.61. The lowest BCUT2D eigenvalue weighted by Gasteiger charge is -2.15. The molecule has 0 radical (unpaired) electrons. The smallest absolute Gasteiger partial charge is 0.270 e. The Morgan fingerprint density at radius 2 is 1.92 bits per heavy atom. The molecule has 2 amide bonds. The lowest BCUT2D eigenvalue weighted by atomic mass is 10.1. The molecule has 1 N–H and O–H groups in total. The lowest BCUT2D eigenvalue weighted by Crippen LogP contribution is -2.27. The minimum absolute atomic E-state index is 0.182. The number of nitrogens with zero attached hydrogens (tertiary/aromatic N) is 1. The first-order chi connectivity index (χ1) is 17.3. The van der Waals surface area contributed by atoms with E-state index in [9.17, 15) is 9.59 Å². The van der Waals surface area contributed by atoms with Gasteiger partial charge in [0, 0.05) is 5.69 Å². The Balaban J connectivity index is 1.51. The Labute approximate surface area is 227 Å². The normalized spacial score (nSPS) is 14.3. The average molecular weight is 584 g/mol. The van der Waals surface area contributed by atoms with Gasteiger partial charge in [0.15, 0.2) is 22.4 Å². The van der Waals surface area contributed by atoms with Gasteiger partial charge in [-0.05, 0) is 82.9 Å². The van der Waals surface area contributed by atoms with Gasteiger partial charge in [-0.1, -0.05) is 54.3 Å². The molecule has 1 fully saturated rings. The molecule has 0 bridgehead atoms. The van der Waals surface area contributed by atoms with Crippen LogP contribution in [-0.4, -0.2) is 29.9 Å². The third-order valence-corrected chi connectivity index (χ3v) is 7.26. The Bertz CT molecular complexity index is 1390. The number of amides is 2. The zero-order chi connectivity index (χ0) is 25.8. The predicted molar refractivity (Wildman–Crippen MR) is 153 cm³/mol. The molecule has 36 heavy (non-hydrogen) atoms. The number of thioether (sulfide) groups is 1. The number of carbonyl (C=O) groups excluding carboxylic acids is 2. The number of ether oxygens (including phenoxy) is 2. The van der Waals surface area contributed by atoms with Crippen LogP contribution in [0.3, 0.4) is 0 Å². The molecule has 6 nitrogen and oxygen atoms in total. The number of nitrogens with one attached hydrogen (secondary N) is 1. The molecule has 0 aliphatic carbocycles. The summed E-state index contributed by atoms with van der Waals surface area (Å²) in [5, 5.41) is 2.84. The van der Waals surface area contributed by atoms with Crippen LogP contribution in [0.4, 0.5) is 11.4 Å². The van der Waals surface area contributed by atoms with Crippen molar-refractivity contribution >= 4 is 73.5 Å². The molecule has 3 aromatic rings. The number of methoxy groups -OCH3 is 1. The van der Waals surface area contributed by atoms with Crippen LogP contribution in [0.1, 0.15) is 16.7 Å². The number of halogens is 1. The quantitative estimate of drug-likeness (QED) is 0.253. The van der Waals surface area contributed by atoms with Gasteiger partial charge in [0.05, 0.1) is 22.2 Å². The summed E-state index contributed by atoms with van der Waals surface area (Å²) in [6.45, 7) is 3.69. The van der Waals surface area contributed by atoms with Crippen molar-refractivity contribution in [3.63, 3.8) is 0 Å². The van der Waals surface area contributed by atoms with Gasteiger partial charge in [0.25, 0.3) is 11.8 Å². The number of para-hydroxylation sites is 1. The number of aryl methyl sites for hydroxylation is 2. The maximum absolute atomic E-state index is 13.1. The van der Waals surface area contributed by atoms with Crippen LogP contribution in [0.2, 0.25) is 0 Å². The van der Waals surface area contributed by atoms with Gasteiger partial charge in [-0.3, -0.25) is 14.5 Å². The van der Waals surface area contributed by atoms with Crippen molar-refractivity contribution < 1.29 is 19.1 Å². The van der Waals surface area contributed by atoms with E-state index in [-0.39, 0.29) is 18.4 Å². The average Bonchev–Trinajstić information content (AvgIpc) is 3.12. The Morgan fingerprint density at radius 1 is 1.14 bits per heavy atom. The maximum Gasteiger partial charge on any atom is 0.270 e. The minimum Gasteiger partial charge on any atom is -0.493 e. The number of carbonyl (C=O) groups is 2. The van der Waals surface area contributed by atoms with Gasteiger partial charge in [0.1, 0.15) is 0 Å². The third-order valence-electron chi connectivity index (χ3n) is 5.37. The highest BCUT2D eigenvalue weighted by Gasteiger charge is 2.33. The fourth-order valence-corrected chi connectivity index (χ4v) is 5.48. The van der Waals surface area contributed by atoms with E-state index in [4.69, 9.17) is 21.7 Å². The van der Waals surface area contributed by atoms with Crippen LogP contribution in [0.25, 0.3) is 6.08 Å². The Morgan fingerprint density at radius 3 is 2.64 bits per heavy atom. The number of anilines is 2. The van der Waals surface area contributed by atoms with E-state index in [1.807, 2.05) is 62.4 Å². The van der Waals surface area contributed by atoms with Crippen molar-refractivity contribution in [1.29, 1.82) is 0 Å². The Hall–Kier alpha value is -3.14. The summed E-state index contributed by atoms with van der Waals surface area (Å²) in [6.07, 6.45) is 1.76. The Kier molecular flexibility index (Phi) is 8.13. The third kappa shape index (κ3) is 5.80. The molecular formula is C27H23BrN2O4S2. The highest BCUT2D eigenvalue weighted by Crippen LogP contribution is 2.40. The predicted octanol–water partition coefficient (Wildman–Crippen LogP) is 6.50. The zero-order valence-corrected chi connectivity index (χ0v) is 23.1. The number of hydrogen-bond donors (Lipinski definition) is 1. The van der Waals surface area contributed by atoms with Crippen molar-refractivity contribution in [3.8, 4) is 11.5 Å². The van der Waals surface area contributed by atoms with Gasteiger partial charge in [-0.2, -0.15) is 0 Å². The monoisotopic (exact) mass is 582 g/mol. The first-order valence-electron chi connectivity index (χ1n) is 11.0. The molecule has 0 spiro atoms. The number of rotatable bonds is 7. The van der Waals surface area contributed by atoms with Gasteiger partial charge in [0.2, 0.25) is 0 Å². The largest absolute Gasteiger partial charge is 0.493 e. The second kappa shape index (κ2) is 11.3. The SMILES string of the molecule is COc1cc(/C=C2\SC(=S)N(c3cccc(C)c3)C2=O)cc(Br)c1OCC(=O)Nc1ccccc1C. The first-order valence-corrected chi connectivity index (χ1v) is 13.0. The molecule has 0 atom stereocenters. The van der Waals surface area contributed by atoms with Crippen molar-refractivity contribution in [2.45, 2.75) is 13.8 Å². The molecule has 0 unspecified atom stereocenters. The molecule has 9 heteroatoms. The zero-order valence-electron chi connectivity index (χ0n) is 19.8. The van der Waals surface area contributed by atoms with E-state index < -0.39 is 0 Å². The standard InChI is InChI=1S/C27H23BrN2O4S2/c1-16-7-6-9-19(11-16)30-26(32)23(36-27(30)35)14-18-12-20(28)25(22(13-18)33-3)34-15-24(31)29-21-10-5-4-8-17(21)2/h4-14H,15H2,1-3H3,(H,29,31)/b23-14-. The molecule has 1 aliphatic rings. The van der Waals surface area contributed by atoms with E-state index in [0.29, 0.717) is 25.2 Å². The van der Waals surface area contributed by atoms with Crippen molar-refractivity contribution in [2.24, 2.45) is 0 Å². The van der Waals surface area contributed by atoms with Gasteiger partial charge in [-0.15, -0.1) is 0 Å². The maximum atomic E-state index is 13.1. The molecule has 4 rings (SSSR count). The van der Waals surface area contributed by atoms with Gasteiger partial charge < -0.3 is 14.8 Å². The molecule has 1 saturated heterocycles. The van der Waals surface area contributed by atoms with E-state index in [0.717, 1.165) is 28.1 Å². The number of thiocarbonyl (C=S) groups is 1. The molecule has 0 saturated carbocycles. The van der Waals surface area contributed by atoms with Crippen LogP contribution in [0, 0.1) is 13.8 Å². The highest BCUT2D eigenvalue weighted by molar-refractivity contribution is 9.10. The van der Waals surface area contributed by atoms with E-state index in [1.165, 1.54) is 23.8 Å². The van der Waals surface area contributed by atoms with Crippen LogP contribution in [0.5, 0.6) is 11.5 Å². The first kappa shape index (κ1) is 25.9. The van der Waals surface area contributed by atoms with E-state index in [2.05, 4.69) is 21.2 Å². The van der Waals surface area contributed by atoms with Crippen LogP contribution >= 0.6 is 39.9 Å². The summed E-state index contributed by atoms with van der Waals surface area (Å²) in [6, 6.07) is 18.7. The molecule has 184 valence electrons. The molecule has 0 aromatic heterocycles. The van der Waals surface area contributed by atoms with Gasteiger partial charge >= 0.3 is 0 Å². The summed E-state index contributed by atoms with van der Waals surface area (Å²) in [4.78, 5) is 27.6. The summed E-state index contributed by atoms with van der Waals surface area (Å²) in [7, 11) is 1.52.